The van der Waals surface area contributed by atoms with Gasteiger partial charge in [-0.25, -0.2) is 4.39 Å². The number of nitrogens with one attached hydrogen (secondary N) is 1. The quantitative estimate of drug-likeness (QED) is 0.919. The Labute approximate surface area is 127 Å². The van der Waals surface area contributed by atoms with Crippen molar-refractivity contribution in [1.29, 1.82) is 0 Å². The topological polar surface area (TPSA) is 30.5 Å². The largest absolute Gasteiger partial charge is 0.490 e. The molecule has 3 nitrogen and oxygen atoms in total. The van der Waals surface area contributed by atoms with Crippen LogP contribution in [0.3, 0.4) is 0 Å². The lowest BCUT2D eigenvalue weighted by atomic mass is 10.2. The molecular weight excluding hydrogens is 293 g/mol. The third kappa shape index (κ3) is 3.58. The molecule has 0 fully saturated rings. The fourth-order valence-electron chi connectivity index (χ4n) is 2.19. The number of ether oxygens (including phenoxy) is 2. The van der Waals surface area contributed by atoms with Gasteiger partial charge in [-0.05, 0) is 35.9 Å². The first-order chi connectivity index (χ1) is 10.2. The summed E-state index contributed by atoms with van der Waals surface area (Å²) in [6, 6.07) is 10.2. The number of halogens is 2. The van der Waals surface area contributed by atoms with E-state index in [0.29, 0.717) is 24.8 Å². The van der Waals surface area contributed by atoms with Gasteiger partial charge in [0.2, 0.25) is 0 Å². The molecule has 0 amide bonds. The molecule has 1 N–H and O–H groups in total. The summed E-state index contributed by atoms with van der Waals surface area (Å²) >= 11 is 5.84. The van der Waals surface area contributed by atoms with Gasteiger partial charge in [-0.3, -0.25) is 0 Å². The van der Waals surface area contributed by atoms with Gasteiger partial charge in [-0.1, -0.05) is 11.6 Å². The van der Waals surface area contributed by atoms with Gasteiger partial charge in [0.25, 0.3) is 0 Å². The summed E-state index contributed by atoms with van der Waals surface area (Å²) in [5.74, 6) is 1.15. The first-order valence-electron chi connectivity index (χ1n) is 6.79. The monoisotopic (exact) mass is 307 g/mol. The van der Waals surface area contributed by atoms with E-state index in [9.17, 15) is 4.39 Å². The van der Waals surface area contributed by atoms with Crippen LogP contribution in [0.2, 0.25) is 5.02 Å². The summed E-state index contributed by atoms with van der Waals surface area (Å²) < 4.78 is 24.5. The highest BCUT2D eigenvalue weighted by molar-refractivity contribution is 6.30. The molecule has 0 radical (unpaired) electrons. The van der Waals surface area contributed by atoms with Crippen LogP contribution in [0.1, 0.15) is 12.0 Å². The highest BCUT2D eigenvalue weighted by atomic mass is 35.5. The van der Waals surface area contributed by atoms with Crippen LogP contribution in [0.25, 0.3) is 0 Å². The lowest BCUT2D eigenvalue weighted by Crippen LogP contribution is -2.01. The van der Waals surface area contributed by atoms with E-state index in [1.54, 1.807) is 6.07 Å². The third-order valence-electron chi connectivity index (χ3n) is 3.17. The summed E-state index contributed by atoms with van der Waals surface area (Å²) in [7, 11) is 0. The normalized spacial score (nSPS) is 13.6. The minimum atomic E-state index is -0.335. The van der Waals surface area contributed by atoms with E-state index in [2.05, 4.69) is 5.32 Å². The zero-order valence-corrected chi connectivity index (χ0v) is 12.1. The molecule has 110 valence electrons. The van der Waals surface area contributed by atoms with Gasteiger partial charge in [0.1, 0.15) is 5.82 Å². The minimum Gasteiger partial charge on any atom is -0.490 e. The Hall–Kier alpha value is -1.94. The highest BCUT2D eigenvalue weighted by Crippen LogP contribution is 2.32. The smallest absolute Gasteiger partial charge is 0.163 e. The van der Waals surface area contributed by atoms with Gasteiger partial charge in [-0.15, -0.1) is 0 Å². The molecule has 0 atom stereocenters. The molecule has 0 aliphatic carbocycles. The number of benzene rings is 2. The summed E-state index contributed by atoms with van der Waals surface area (Å²) in [6.07, 6.45) is 0.874. The van der Waals surface area contributed by atoms with E-state index in [1.165, 1.54) is 12.1 Å². The van der Waals surface area contributed by atoms with Gasteiger partial charge in [0, 0.05) is 29.7 Å². The molecule has 2 aromatic rings. The van der Waals surface area contributed by atoms with Crippen LogP contribution in [0.5, 0.6) is 11.5 Å². The van der Waals surface area contributed by atoms with Gasteiger partial charge in [0.15, 0.2) is 11.5 Å². The molecule has 0 spiro atoms. The van der Waals surface area contributed by atoms with Crippen molar-refractivity contribution >= 4 is 17.3 Å². The maximum Gasteiger partial charge on any atom is 0.163 e. The van der Waals surface area contributed by atoms with Crippen LogP contribution in [0.15, 0.2) is 36.4 Å². The van der Waals surface area contributed by atoms with Gasteiger partial charge in [-0.2, -0.15) is 0 Å². The van der Waals surface area contributed by atoms with Crippen LogP contribution in [-0.2, 0) is 6.54 Å². The molecule has 21 heavy (non-hydrogen) atoms. The molecule has 0 saturated carbocycles. The van der Waals surface area contributed by atoms with Crippen molar-refractivity contribution in [2.24, 2.45) is 0 Å². The lowest BCUT2D eigenvalue weighted by Gasteiger charge is -2.11. The molecule has 1 heterocycles. The zero-order chi connectivity index (χ0) is 14.7. The average Bonchev–Trinajstić information content (AvgIpc) is 2.68. The second-order valence-corrected chi connectivity index (χ2v) is 5.28. The number of hydrogen-bond donors (Lipinski definition) is 1. The van der Waals surface area contributed by atoms with Crippen LogP contribution in [0, 0.1) is 5.82 Å². The van der Waals surface area contributed by atoms with Crippen LogP contribution in [-0.4, -0.2) is 13.2 Å². The molecule has 2 aromatic carbocycles. The molecule has 5 heteroatoms. The predicted octanol–water partition coefficient (Wildman–Crippen LogP) is 4.25. The molecular formula is C16H15ClFNO2. The van der Waals surface area contributed by atoms with Crippen LogP contribution < -0.4 is 14.8 Å². The lowest BCUT2D eigenvalue weighted by molar-refractivity contribution is 0.297. The first-order valence-corrected chi connectivity index (χ1v) is 7.17. The van der Waals surface area contributed by atoms with Crippen LogP contribution >= 0.6 is 11.6 Å². The maximum atomic E-state index is 13.3. The second kappa shape index (κ2) is 6.22. The molecule has 0 unspecified atom stereocenters. The zero-order valence-electron chi connectivity index (χ0n) is 11.4. The summed E-state index contributed by atoms with van der Waals surface area (Å²) in [4.78, 5) is 0. The maximum absolute atomic E-state index is 13.3. The molecule has 0 saturated heterocycles. The second-order valence-electron chi connectivity index (χ2n) is 4.84. The molecule has 1 aliphatic heterocycles. The fourth-order valence-corrected chi connectivity index (χ4v) is 2.43. The van der Waals surface area contributed by atoms with Crippen molar-refractivity contribution in [3.05, 3.63) is 52.8 Å². The van der Waals surface area contributed by atoms with E-state index in [4.69, 9.17) is 21.1 Å². The minimum absolute atomic E-state index is 0.335. The van der Waals surface area contributed by atoms with Gasteiger partial charge in [0.05, 0.1) is 13.2 Å². The van der Waals surface area contributed by atoms with Crippen molar-refractivity contribution in [3.63, 3.8) is 0 Å². The van der Waals surface area contributed by atoms with Crippen molar-refractivity contribution in [3.8, 4) is 11.5 Å². The predicted molar refractivity (Wildman–Crippen MR) is 80.8 cm³/mol. The van der Waals surface area contributed by atoms with E-state index in [1.807, 2.05) is 18.2 Å². The van der Waals surface area contributed by atoms with Crippen molar-refractivity contribution in [1.82, 2.24) is 0 Å². The molecule has 0 aromatic heterocycles. The number of hydrogen-bond acceptors (Lipinski definition) is 3. The SMILES string of the molecule is Fc1cc(Cl)cc(CNc2ccc3c(c2)OCCCO3)c1. The van der Waals surface area contributed by atoms with Gasteiger partial charge < -0.3 is 14.8 Å². The Morgan fingerprint density at radius 2 is 1.86 bits per heavy atom. The fraction of sp³-hybridized carbons (Fsp3) is 0.250. The van der Waals surface area contributed by atoms with E-state index >= 15 is 0 Å². The van der Waals surface area contributed by atoms with E-state index in [0.717, 1.165) is 29.2 Å². The molecule has 3 rings (SSSR count). The number of anilines is 1. The Kier molecular flexibility index (Phi) is 4.15. The number of rotatable bonds is 3. The summed E-state index contributed by atoms with van der Waals surface area (Å²) in [5, 5.41) is 3.62. The highest BCUT2D eigenvalue weighted by Gasteiger charge is 2.10. The van der Waals surface area contributed by atoms with Gasteiger partial charge >= 0.3 is 0 Å². The van der Waals surface area contributed by atoms with Crippen molar-refractivity contribution in [2.45, 2.75) is 13.0 Å². The molecule has 0 bridgehead atoms. The van der Waals surface area contributed by atoms with Crippen molar-refractivity contribution < 1.29 is 13.9 Å². The Bertz CT molecular complexity index is 628. The standard InChI is InChI=1S/C16H15ClFNO2/c17-12-6-11(7-13(18)8-12)10-19-14-2-3-15-16(9-14)21-5-1-4-20-15/h2-3,6-9,19H,1,4-5,10H2. The molecule has 1 aliphatic rings. The van der Waals surface area contributed by atoms with Crippen LogP contribution in [0.4, 0.5) is 10.1 Å². The Balaban J connectivity index is 1.71. The third-order valence-corrected chi connectivity index (χ3v) is 3.38. The van der Waals surface area contributed by atoms with Crippen molar-refractivity contribution in [2.75, 3.05) is 18.5 Å². The number of fused-ring (bicyclic) bond motifs is 1. The Morgan fingerprint density at radius 1 is 1.05 bits per heavy atom. The Morgan fingerprint density at radius 3 is 2.67 bits per heavy atom. The average molecular weight is 308 g/mol. The first kappa shape index (κ1) is 14.0. The van der Waals surface area contributed by atoms with E-state index in [-0.39, 0.29) is 5.82 Å². The summed E-state index contributed by atoms with van der Waals surface area (Å²) in [5.41, 5.74) is 1.67. The summed E-state index contributed by atoms with van der Waals surface area (Å²) in [6.45, 7) is 1.80. The van der Waals surface area contributed by atoms with E-state index < -0.39 is 0 Å².